The highest BCUT2D eigenvalue weighted by atomic mass is 16.6. The van der Waals surface area contributed by atoms with Crippen molar-refractivity contribution in [3.05, 3.63) is 219 Å². The van der Waals surface area contributed by atoms with Gasteiger partial charge in [-0.1, -0.05) is 240 Å². The lowest BCUT2D eigenvalue weighted by Gasteiger charge is -2.18. The van der Waals surface area contributed by atoms with Crippen molar-refractivity contribution in [2.75, 3.05) is 13.2 Å². The Hall–Kier alpha value is -6.27. The molecule has 0 radical (unpaired) electrons. The maximum Gasteiger partial charge on any atom is 0.306 e. The average Bonchev–Trinajstić information content (AvgIpc) is 3.43. The van der Waals surface area contributed by atoms with Crippen LogP contribution in [0.25, 0.3) is 0 Å². The first-order valence-corrected chi connectivity index (χ1v) is 29.2. The Morgan fingerprint density at radius 1 is 0.260 bits per heavy atom. The van der Waals surface area contributed by atoms with Gasteiger partial charge in [-0.3, -0.25) is 14.4 Å². The number of carbonyl (C=O) groups excluding carboxylic acids is 3. The molecule has 0 aromatic rings. The van der Waals surface area contributed by atoms with E-state index < -0.39 is 18.0 Å². The Balaban J connectivity index is 4.48. The summed E-state index contributed by atoms with van der Waals surface area (Å²) in [5, 5.41) is 0. The molecule has 6 nitrogen and oxygen atoms in total. The molecule has 0 saturated heterocycles. The van der Waals surface area contributed by atoms with E-state index >= 15 is 0 Å². The molecule has 6 heteroatoms. The number of allylic oxidation sites excluding steroid dienone is 36. The number of unbranched alkanes of at least 4 members (excludes halogenated alkanes) is 2. The fraction of sp³-hybridized carbons (Fsp3) is 0.451. The molecular weight excluding hydrogens is 949 g/mol. The Bertz CT molecular complexity index is 1980. The molecule has 0 aliphatic heterocycles. The van der Waals surface area contributed by atoms with Crippen molar-refractivity contribution in [1.29, 1.82) is 0 Å². The van der Waals surface area contributed by atoms with Crippen LogP contribution in [0, 0.1) is 0 Å². The van der Waals surface area contributed by atoms with Crippen molar-refractivity contribution in [1.82, 2.24) is 0 Å². The molecule has 0 aliphatic rings. The summed E-state index contributed by atoms with van der Waals surface area (Å²) in [4.78, 5) is 38.0. The van der Waals surface area contributed by atoms with E-state index in [2.05, 4.69) is 215 Å². The monoisotopic (exact) mass is 1050 g/mol. The highest BCUT2D eigenvalue weighted by Gasteiger charge is 2.19. The van der Waals surface area contributed by atoms with Crippen molar-refractivity contribution in [2.45, 2.75) is 194 Å². The summed E-state index contributed by atoms with van der Waals surface area (Å²) in [5.41, 5.74) is 0. The lowest BCUT2D eigenvalue weighted by molar-refractivity contribution is -0.166. The largest absolute Gasteiger partial charge is 0.462 e. The van der Waals surface area contributed by atoms with Crippen LogP contribution < -0.4 is 0 Å². The van der Waals surface area contributed by atoms with Crippen molar-refractivity contribution in [3.8, 4) is 0 Å². The zero-order valence-corrected chi connectivity index (χ0v) is 48.1. The van der Waals surface area contributed by atoms with Crippen LogP contribution >= 0.6 is 0 Å². The van der Waals surface area contributed by atoms with Crippen molar-refractivity contribution in [3.63, 3.8) is 0 Å². The Morgan fingerprint density at radius 3 is 0.753 bits per heavy atom. The summed E-state index contributed by atoms with van der Waals surface area (Å²) in [5.74, 6) is -1.19. The van der Waals surface area contributed by atoms with Gasteiger partial charge in [-0.25, -0.2) is 0 Å². The number of rotatable bonds is 49. The number of esters is 3. The number of hydrogen-bond donors (Lipinski definition) is 0. The predicted octanol–water partition coefficient (Wildman–Crippen LogP) is 20.2. The van der Waals surface area contributed by atoms with E-state index in [0.717, 1.165) is 128 Å². The van der Waals surface area contributed by atoms with Crippen LogP contribution in [0.3, 0.4) is 0 Å². The first-order chi connectivity index (χ1) is 38.0. The lowest BCUT2D eigenvalue weighted by Crippen LogP contribution is -2.30. The van der Waals surface area contributed by atoms with Gasteiger partial charge in [0.05, 0.1) is 0 Å². The van der Waals surface area contributed by atoms with Gasteiger partial charge in [0.1, 0.15) is 13.2 Å². The number of carbonyl (C=O) groups is 3. The van der Waals surface area contributed by atoms with Gasteiger partial charge in [0.15, 0.2) is 6.10 Å². The van der Waals surface area contributed by atoms with E-state index in [1.807, 2.05) is 24.3 Å². The minimum absolute atomic E-state index is 0.165. The predicted molar refractivity (Wildman–Crippen MR) is 333 cm³/mol. The molecule has 0 bridgehead atoms. The summed E-state index contributed by atoms with van der Waals surface area (Å²) in [6, 6.07) is 0. The lowest BCUT2D eigenvalue weighted by atomic mass is 10.2. The van der Waals surface area contributed by atoms with Crippen molar-refractivity contribution in [2.24, 2.45) is 0 Å². The molecular formula is C71H102O6. The second kappa shape index (κ2) is 62.3. The Labute approximate surface area is 470 Å². The molecule has 0 aliphatic carbocycles. The minimum Gasteiger partial charge on any atom is -0.462 e. The molecule has 0 saturated carbocycles. The fourth-order valence-corrected chi connectivity index (χ4v) is 6.73. The number of ether oxygens (including phenoxy) is 3. The average molecular weight is 1050 g/mol. The third-order valence-corrected chi connectivity index (χ3v) is 11.0. The highest BCUT2D eigenvalue weighted by molar-refractivity contribution is 5.71. The van der Waals surface area contributed by atoms with Crippen LogP contribution in [-0.4, -0.2) is 37.2 Å². The molecule has 1 atom stereocenters. The molecule has 422 valence electrons. The van der Waals surface area contributed by atoms with Crippen LogP contribution in [0.4, 0.5) is 0 Å². The second-order valence-corrected chi connectivity index (χ2v) is 18.0. The molecule has 0 amide bonds. The SMILES string of the molecule is CC/C=C\C/C=C\C/C=C\C/C=C\C/C=C\C/C=C\C/C=C\C/C=C\C/C=C\C/C=C\CCCCC(=O)OCC(COC(=O)CC/C=C\C/C=C\C/C=C\C/C=C\CC)OC(=O)CC/C=C\C/C=C\C/C=C\C/C=C\CC. The maximum atomic E-state index is 12.8. The molecule has 0 heterocycles. The minimum atomic E-state index is -0.877. The zero-order valence-electron chi connectivity index (χ0n) is 48.1. The van der Waals surface area contributed by atoms with Gasteiger partial charge in [0, 0.05) is 19.3 Å². The van der Waals surface area contributed by atoms with Gasteiger partial charge in [-0.05, 0) is 148 Å². The molecule has 0 spiro atoms. The highest BCUT2D eigenvalue weighted by Crippen LogP contribution is 2.08. The normalized spacial score (nSPS) is 13.8. The van der Waals surface area contributed by atoms with Gasteiger partial charge in [-0.2, -0.15) is 0 Å². The smallest absolute Gasteiger partial charge is 0.306 e. The number of hydrogen-bond acceptors (Lipinski definition) is 6. The zero-order chi connectivity index (χ0) is 55.7. The van der Waals surface area contributed by atoms with Crippen molar-refractivity contribution >= 4 is 17.9 Å². The van der Waals surface area contributed by atoms with E-state index in [0.29, 0.717) is 19.3 Å². The topological polar surface area (TPSA) is 78.9 Å². The van der Waals surface area contributed by atoms with Gasteiger partial charge >= 0.3 is 17.9 Å². The van der Waals surface area contributed by atoms with E-state index in [-0.39, 0.29) is 38.4 Å². The Morgan fingerprint density at radius 2 is 0.481 bits per heavy atom. The summed E-state index contributed by atoms with van der Waals surface area (Å²) in [6.07, 6.45) is 98.3. The second-order valence-electron chi connectivity index (χ2n) is 18.0. The van der Waals surface area contributed by atoms with E-state index in [1.165, 1.54) is 0 Å². The standard InChI is InChI=1S/C71H102O6/c1-4-7-10-13-16-19-22-25-26-27-28-29-30-31-32-33-34-35-36-37-38-39-40-41-42-43-44-47-49-52-55-58-61-64-70(73)76-67-68(77-71(74)65-62-59-56-53-50-46-24-21-18-15-12-9-6-3)66-75-69(72)63-60-57-54-51-48-45-23-20-17-14-11-8-5-2/h7-12,16-21,25-26,28-29,31-32,34-35,37-38,40-41,43-46,48-50,52,54,56-57,59,68H,4-6,13-15,22-24,27,30,33,36,39,42,47,51,53,55,58,60-67H2,1-3H3/b10-7-,11-8-,12-9-,19-16-,20-17-,21-18-,26-25-,29-28-,32-31-,35-34-,38-37-,41-40-,44-43-,48-45-,50-46-,52-49-,57-54-,59-56-. The third-order valence-electron chi connectivity index (χ3n) is 11.0. The molecule has 0 N–H and O–H groups in total. The maximum absolute atomic E-state index is 12.8. The molecule has 77 heavy (non-hydrogen) atoms. The van der Waals surface area contributed by atoms with Crippen LogP contribution in [0.15, 0.2) is 219 Å². The molecule has 0 aromatic heterocycles. The summed E-state index contributed by atoms with van der Waals surface area (Å²) in [6.45, 7) is 6.08. The van der Waals surface area contributed by atoms with Gasteiger partial charge in [0.2, 0.25) is 0 Å². The third kappa shape index (κ3) is 60.5. The Kier molecular flexibility index (Phi) is 57.2. The summed E-state index contributed by atoms with van der Waals surface area (Å²) < 4.78 is 16.6. The molecule has 0 fully saturated rings. The quantitative estimate of drug-likeness (QED) is 0.0261. The summed E-state index contributed by atoms with van der Waals surface area (Å²) in [7, 11) is 0. The van der Waals surface area contributed by atoms with Crippen molar-refractivity contribution < 1.29 is 28.6 Å². The van der Waals surface area contributed by atoms with Gasteiger partial charge in [0.25, 0.3) is 0 Å². The molecule has 0 rings (SSSR count). The van der Waals surface area contributed by atoms with Gasteiger partial charge in [-0.15, -0.1) is 0 Å². The van der Waals surface area contributed by atoms with Gasteiger partial charge < -0.3 is 14.2 Å². The first kappa shape index (κ1) is 70.7. The fourth-order valence-electron chi connectivity index (χ4n) is 6.73. The van der Waals surface area contributed by atoms with Crippen LogP contribution in [0.2, 0.25) is 0 Å². The van der Waals surface area contributed by atoms with Crippen LogP contribution in [-0.2, 0) is 28.6 Å². The molecule has 1 unspecified atom stereocenters. The van der Waals surface area contributed by atoms with E-state index in [4.69, 9.17) is 14.2 Å². The first-order valence-electron chi connectivity index (χ1n) is 29.2. The van der Waals surface area contributed by atoms with Crippen LogP contribution in [0.5, 0.6) is 0 Å². The summed E-state index contributed by atoms with van der Waals surface area (Å²) >= 11 is 0. The van der Waals surface area contributed by atoms with Crippen LogP contribution in [0.1, 0.15) is 188 Å². The molecule has 0 aromatic carbocycles. The van der Waals surface area contributed by atoms with E-state index in [1.54, 1.807) is 0 Å². The van der Waals surface area contributed by atoms with E-state index in [9.17, 15) is 14.4 Å².